The van der Waals surface area contributed by atoms with Gasteiger partial charge in [-0.05, 0) is 73.2 Å². The summed E-state index contributed by atoms with van der Waals surface area (Å²) < 4.78 is 46.2. The topological polar surface area (TPSA) is 114 Å². The molecule has 2 N–H and O–H groups in total. The highest BCUT2D eigenvalue weighted by Crippen LogP contribution is 2.25. The fraction of sp³-hybridized carbons (Fsp3) is 0.0690. The smallest absolute Gasteiger partial charge is 0.272 e. The van der Waals surface area contributed by atoms with Gasteiger partial charge < -0.3 is 4.42 Å². The van der Waals surface area contributed by atoms with E-state index >= 15 is 0 Å². The maximum Gasteiger partial charge on any atom is 0.272 e. The zero-order chi connectivity index (χ0) is 27.4. The Morgan fingerprint density at radius 3 is 2.44 bits per heavy atom. The van der Waals surface area contributed by atoms with Crippen LogP contribution in [0.2, 0.25) is 0 Å². The molecule has 10 heteroatoms. The number of benzene rings is 3. The number of hydrogen-bond acceptors (Lipinski definition) is 6. The number of sulfonamides is 1. The van der Waals surface area contributed by atoms with E-state index in [1.54, 1.807) is 61.5 Å². The summed E-state index contributed by atoms with van der Waals surface area (Å²) in [4.78, 5) is 17.9. The Bertz CT molecular complexity index is 1770. The SMILES string of the molecule is CC(=NNC(=O)c1cc(-c2ccc(F)cc2)nc2ccccc12)c1ccc(S(=O)(=O)NCc2ccco2)cc1. The van der Waals surface area contributed by atoms with Gasteiger partial charge in [-0.2, -0.15) is 5.10 Å². The molecule has 39 heavy (non-hydrogen) atoms. The second-order valence-electron chi connectivity index (χ2n) is 8.65. The number of para-hydroxylation sites is 1. The zero-order valence-electron chi connectivity index (χ0n) is 20.8. The number of pyridine rings is 1. The number of hydrazone groups is 1. The van der Waals surface area contributed by atoms with Crippen LogP contribution in [0.25, 0.3) is 22.2 Å². The second kappa shape index (κ2) is 11.0. The molecule has 0 aliphatic carbocycles. The minimum atomic E-state index is -3.74. The quantitative estimate of drug-likeness (QED) is 0.205. The summed E-state index contributed by atoms with van der Waals surface area (Å²) in [5.74, 6) is -0.309. The van der Waals surface area contributed by atoms with Gasteiger partial charge in [0.15, 0.2) is 0 Å². The predicted octanol–water partition coefficient (Wildman–Crippen LogP) is 5.27. The number of aromatic nitrogens is 1. The van der Waals surface area contributed by atoms with E-state index in [1.165, 1.54) is 30.5 Å². The lowest BCUT2D eigenvalue weighted by Crippen LogP contribution is -2.23. The molecule has 0 saturated heterocycles. The lowest BCUT2D eigenvalue weighted by Gasteiger charge is -2.10. The fourth-order valence-corrected chi connectivity index (χ4v) is 4.92. The zero-order valence-corrected chi connectivity index (χ0v) is 21.6. The van der Waals surface area contributed by atoms with Gasteiger partial charge in [0, 0.05) is 10.9 Å². The van der Waals surface area contributed by atoms with Gasteiger partial charge in [-0.25, -0.2) is 27.9 Å². The number of nitrogens with zero attached hydrogens (tertiary/aromatic N) is 2. The minimum Gasteiger partial charge on any atom is -0.468 e. The molecule has 0 aliphatic rings. The van der Waals surface area contributed by atoms with Crippen LogP contribution >= 0.6 is 0 Å². The highest BCUT2D eigenvalue weighted by molar-refractivity contribution is 7.89. The summed E-state index contributed by atoms with van der Waals surface area (Å²) >= 11 is 0. The van der Waals surface area contributed by atoms with Crippen molar-refractivity contribution in [3.8, 4) is 11.3 Å². The van der Waals surface area contributed by atoms with Gasteiger partial charge >= 0.3 is 0 Å². The van der Waals surface area contributed by atoms with Crippen LogP contribution in [0.15, 0.2) is 112 Å². The lowest BCUT2D eigenvalue weighted by atomic mass is 10.0. The summed E-state index contributed by atoms with van der Waals surface area (Å²) in [7, 11) is -3.74. The molecule has 1 amide bonds. The number of furan rings is 1. The molecule has 2 heterocycles. The predicted molar refractivity (Wildman–Crippen MR) is 146 cm³/mol. The summed E-state index contributed by atoms with van der Waals surface area (Å²) in [6.07, 6.45) is 1.47. The summed E-state index contributed by atoms with van der Waals surface area (Å²) in [5.41, 5.74) is 5.86. The van der Waals surface area contributed by atoms with Gasteiger partial charge in [0.1, 0.15) is 11.6 Å². The van der Waals surface area contributed by atoms with E-state index in [4.69, 9.17) is 4.42 Å². The van der Waals surface area contributed by atoms with Crippen molar-refractivity contribution >= 4 is 32.5 Å². The Labute approximate surface area is 224 Å². The number of amides is 1. The first-order chi connectivity index (χ1) is 18.8. The van der Waals surface area contributed by atoms with E-state index in [1.807, 2.05) is 12.1 Å². The molecule has 0 atom stereocenters. The third kappa shape index (κ3) is 5.92. The summed E-state index contributed by atoms with van der Waals surface area (Å²) in [5, 5.41) is 4.87. The van der Waals surface area contributed by atoms with Crippen molar-refractivity contribution < 1.29 is 22.0 Å². The second-order valence-corrected chi connectivity index (χ2v) is 10.4. The number of rotatable bonds is 8. The first-order valence-electron chi connectivity index (χ1n) is 11.9. The van der Waals surface area contributed by atoms with Gasteiger partial charge in [-0.1, -0.05) is 30.3 Å². The first-order valence-corrected chi connectivity index (χ1v) is 13.4. The number of hydrogen-bond donors (Lipinski definition) is 2. The highest BCUT2D eigenvalue weighted by Gasteiger charge is 2.16. The largest absolute Gasteiger partial charge is 0.468 e. The van der Waals surface area contributed by atoms with Crippen molar-refractivity contribution in [2.24, 2.45) is 5.10 Å². The van der Waals surface area contributed by atoms with Crippen LogP contribution in [0.1, 0.15) is 28.6 Å². The number of halogens is 1. The Morgan fingerprint density at radius 1 is 0.974 bits per heavy atom. The molecule has 0 bridgehead atoms. The molecule has 0 aliphatic heterocycles. The molecule has 0 radical (unpaired) electrons. The monoisotopic (exact) mass is 542 g/mol. The van der Waals surface area contributed by atoms with E-state index in [2.05, 4.69) is 20.2 Å². The third-order valence-electron chi connectivity index (χ3n) is 6.02. The van der Waals surface area contributed by atoms with Crippen LogP contribution in [0, 0.1) is 5.82 Å². The molecule has 8 nitrogen and oxygen atoms in total. The van der Waals surface area contributed by atoms with Gasteiger partial charge in [-0.15, -0.1) is 0 Å². The van der Waals surface area contributed by atoms with Crippen molar-refractivity contribution in [3.05, 3.63) is 120 Å². The Morgan fingerprint density at radius 2 is 1.72 bits per heavy atom. The van der Waals surface area contributed by atoms with Crippen LogP contribution in [0.3, 0.4) is 0 Å². The standard InChI is InChI=1S/C29H23FN4O4S/c1-19(20-10-14-24(15-11-20)39(36,37)31-18-23-5-4-16-38-23)33-34-29(35)26-17-28(21-8-12-22(30)13-9-21)32-27-7-3-2-6-25(26)27/h2-17,31H,18H2,1H3,(H,34,35). The van der Waals surface area contributed by atoms with E-state index in [0.717, 1.165) is 0 Å². The Balaban J connectivity index is 1.34. The first kappa shape index (κ1) is 26.0. The maximum atomic E-state index is 13.4. The van der Waals surface area contributed by atoms with Gasteiger partial charge in [-0.3, -0.25) is 4.79 Å². The van der Waals surface area contributed by atoms with Crippen molar-refractivity contribution in [3.63, 3.8) is 0 Å². The molecule has 196 valence electrons. The van der Waals surface area contributed by atoms with E-state index in [9.17, 15) is 17.6 Å². The molecular formula is C29H23FN4O4S. The van der Waals surface area contributed by atoms with E-state index in [0.29, 0.717) is 44.8 Å². The summed E-state index contributed by atoms with van der Waals surface area (Å²) in [6.45, 7) is 1.74. The average Bonchev–Trinajstić information content (AvgIpc) is 3.48. The lowest BCUT2D eigenvalue weighted by molar-refractivity contribution is 0.0956. The molecule has 0 saturated carbocycles. The molecule has 3 aromatic carbocycles. The number of carbonyl (C=O) groups is 1. The average molecular weight is 543 g/mol. The highest BCUT2D eigenvalue weighted by atomic mass is 32.2. The van der Waals surface area contributed by atoms with E-state index in [-0.39, 0.29) is 17.3 Å². The van der Waals surface area contributed by atoms with Crippen LogP contribution in [0.4, 0.5) is 4.39 Å². The van der Waals surface area contributed by atoms with Crippen molar-refractivity contribution in [2.45, 2.75) is 18.4 Å². The van der Waals surface area contributed by atoms with Crippen LogP contribution in [0.5, 0.6) is 0 Å². The van der Waals surface area contributed by atoms with Gasteiger partial charge in [0.05, 0.1) is 40.2 Å². The maximum absolute atomic E-state index is 13.4. The Hall–Kier alpha value is -4.67. The van der Waals surface area contributed by atoms with Crippen LogP contribution < -0.4 is 10.1 Å². The van der Waals surface area contributed by atoms with Gasteiger partial charge in [0.2, 0.25) is 10.0 Å². The van der Waals surface area contributed by atoms with Crippen molar-refractivity contribution in [1.29, 1.82) is 0 Å². The van der Waals surface area contributed by atoms with Crippen molar-refractivity contribution in [1.82, 2.24) is 15.1 Å². The molecule has 0 unspecified atom stereocenters. The van der Waals surface area contributed by atoms with E-state index < -0.39 is 15.9 Å². The number of carbonyl (C=O) groups excluding carboxylic acids is 1. The normalized spacial score (nSPS) is 12.0. The van der Waals surface area contributed by atoms with Crippen molar-refractivity contribution in [2.75, 3.05) is 0 Å². The molecule has 5 aromatic rings. The Kier molecular flexibility index (Phi) is 7.31. The molecular weight excluding hydrogens is 519 g/mol. The third-order valence-corrected chi connectivity index (χ3v) is 7.44. The molecule has 0 fully saturated rings. The molecule has 5 rings (SSSR count). The molecule has 2 aromatic heterocycles. The molecule has 0 spiro atoms. The summed E-state index contributed by atoms with van der Waals surface area (Å²) in [6, 6.07) is 24.3. The van der Waals surface area contributed by atoms with Crippen LogP contribution in [-0.2, 0) is 16.6 Å². The minimum absolute atomic E-state index is 0.0379. The fourth-order valence-electron chi connectivity index (χ4n) is 3.93. The number of fused-ring (bicyclic) bond motifs is 1. The number of nitrogens with one attached hydrogen (secondary N) is 2. The van der Waals surface area contributed by atoms with Gasteiger partial charge in [0.25, 0.3) is 5.91 Å². The van der Waals surface area contributed by atoms with Crippen LogP contribution in [-0.4, -0.2) is 25.0 Å².